The lowest BCUT2D eigenvalue weighted by Gasteiger charge is -2.13. The summed E-state index contributed by atoms with van der Waals surface area (Å²) in [4.78, 5) is 24.1. The van der Waals surface area contributed by atoms with E-state index in [4.69, 9.17) is 20.8 Å². The van der Waals surface area contributed by atoms with Gasteiger partial charge in [0.1, 0.15) is 12.2 Å². The summed E-state index contributed by atoms with van der Waals surface area (Å²) in [5.74, 6) is -0.143. The first-order valence-electron chi connectivity index (χ1n) is 8.35. The summed E-state index contributed by atoms with van der Waals surface area (Å²) < 4.78 is 10.7. The van der Waals surface area contributed by atoms with Crippen molar-refractivity contribution in [1.82, 2.24) is 0 Å². The van der Waals surface area contributed by atoms with Crippen LogP contribution in [0, 0.1) is 6.92 Å². The summed E-state index contributed by atoms with van der Waals surface area (Å²) in [7, 11) is 0. The number of hydrogen-bond acceptors (Lipinski definition) is 4. The minimum absolute atomic E-state index is 0.00977. The van der Waals surface area contributed by atoms with Crippen molar-refractivity contribution in [3.63, 3.8) is 0 Å². The highest BCUT2D eigenvalue weighted by Crippen LogP contribution is 2.27. The largest absolute Gasteiger partial charge is 0.457 e. The van der Waals surface area contributed by atoms with Crippen molar-refractivity contribution < 1.29 is 13.9 Å². The number of halogens is 1. The summed E-state index contributed by atoms with van der Waals surface area (Å²) in [5, 5.41) is 1.33. The number of hydrogen-bond donors (Lipinski definition) is 0. The molecule has 0 fully saturated rings. The zero-order valence-electron chi connectivity index (χ0n) is 14.8. The molecule has 3 rings (SSSR count). The number of carbonyl (C=O) groups excluding carboxylic acids is 1. The van der Waals surface area contributed by atoms with Gasteiger partial charge in [0.05, 0.1) is 5.56 Å². The molecule has 0 radical (unpaired) electrons. The maximum atomic E-state index is 12.2. The first-order valence-corrected chi connectivity index (χ1v) is 8.73. The third kappa shape index (κ3) is 3.81. The molecule has 0 aliphatic heterocycles. The van der Waals surface area contributed by atoms with Gasteiger partial charge in [0.2, 0.25) is 0 Å². The summed E-state index contributed by atoms with van der Waals surface area (Å²) in [5.41, 5.74) is 3.28. The van der Waals surface area contributed by atoms with Gasteiger partial charge in [0, 0.05) is 22.0 Å². The van der Waals surface area contributed by atoms with Crippen molar-refractivity contribution in [1.29, 1.82) is 0 Å². The van der Waals surface area contributed by atoms with Gasteiger partial charge in [-0.25, -0.2) is 9.59 Å². The Labute approximate surface area is 156 Å². The predicted molar refractivity (Wildman–Crippen MR) is 102 cm³/mol. The topological polar surface area (TPSA) is 56.5 Å². The first kappa shape index (κ1) is 18.2. The second-order valence-corrected chi connectivity index (χ2v) is 6.97. The Bertz CT molecular complexity index is 1020. The van der Waals surface area contributed by atoms with E-state index >= 15 is 0 Å². The van der Waals surface area contributed by atoms with Gasteiger partial charge in [-0.05, 0) is 60.4 Å². The van der Waals surface area contributed by atoms with E-state index < -0.39 is 11.6 Å². The molecule has 0 atom stereocenters. The zero-order chi connectivity index (χ0) is 18.8. The highest BCUT2D eigenvalue weighted by Gasteiger charge is 2.13. The molecule has 1 heterocycles. The van der Waals surface area contributed by atoms with E-state index in [0.29, 0.717) is 27.7 Å². The third-order valence-electron chi connectivity index (χ3n) is 4.28. The molecule has 0 aliphatic rings. The minimum Gasteiger partial charge on any atom is -0.457 e. The summed E-state index contributed by atoms with van der Waals surface area (Å²) in [6.45, 7) is 6.19. The van der Waals surface area contributed by atoms with Crippen LogP contribution in [0.5, 0.6) is 0 Å². The van der Waals surface area contributed by atoms with Crippen LogP contribution >= 0.6 is 11.6 Å². The predicted octanol–water partition coefficient (Wildman–Crippen LogP) is 5.24. The molecule has 0 bridgehead atoms. The van der Waals surface area contributed by atoms with Crippen molar-refractivity contribution in [2.45, 2.75) is 33.3 Å². The van der Waals surface area contributed by atoms with Crippen LogP contribution in [0.3, 0.4) is 0 Å². The second-order valence-electron chi connectivity index (χ2n) is 6.53. The van der Waals surface area contributed by atoms with Crippen molar-refractivity contribution in [3.05, 3.63) is 80.2 Å². The maximum absolute atomic E-state index is 12.2. The lowest BCUT2D eigenvalue weighted by atomic mass is 9.95. The number of carbonyl (C=O) groups is 1. The SMILES string of the molecule is Cc1cc2oc(=O)cc(COC(=O)c3ccc(Cl)cc3)c2cc1C(C)C. The van der Waals surface area contributed by atoms with Crippen molar-refractivity contribution >= 4 is 28.5 Å². The monoisotopic (exact) mass is 370 g/mol. The van der Waals surface area contributed by atoms with E-state index in [1.165, 1.54) is 6.07 Å². The third-order valence-corrected chi connectivity index (χ3v) is 4.53. The highest BCUT2D eigenvalue weighted by atomic mass is 35.5. The van der Waals surface area contributed by atoms with Crippen molar-refractivity contribution in [3.8, 4) is 0 Å². The standard InChI is InChI=1S/C21H19ClO4/c1-12(2)17-10-18-15(9-20(23)26-19(18)8-13(17)3)11-25-21(24)14-4-6-16(22)7-5-14/h4-10,12H,11H2,1-3H3. The molecule has 4 nitrogen and oxygen atoms in total. The fraction of sp³-hybridized carbons (Fsp3) is 0.238. The molecular formula is C21H19ClO4. The van der Waals surface area contributed by atoms with Gasteiger partial charge in [-0.2, -0.15) is 0 Å². The van der Waals surface area contributed by atoms with Gasteiger partial charge >= 0.3 is 11.6 Å². The molecule has 0 N–H and O–H groups in total. The summed E-state index contributed by atoms with van der Waals surface area (Å²) in [6.07, 6.45) is 0. The van der Waals surface area contributed by atoms with Gasteiger partial charge < -0.3 is 9.15 Å². The van der Waals surface area contributed by atoms with Gasteiger partial charge in [0.25, 0.3) is 0 Å². The van der Waals surface area contributed by atoms with Crippen molar-refractivity contribution in [2.75, 3.05) is 0 Å². The number of benzene rings is 2. The molecule has 134 valence electrons. The Hall–Kier alpha value is -2.59. The van der Waals surface area contributed by atoms with Gasteiger partial charge in [-0.1, -0.05) is 25.4 Å². The molecule has 5 heteroatoms. The minimum atomic E-state index is -0.473. The van der Waals surface area contributed by atoms with E-state index in [2.05, 4.69) is 13.8 Å². The molecule has 2 aromatic carbocycles. The average molecular weight is 371 g/mol. The Morgan fingerprint density at radius 2 is 1.85 bits per heavy atom. The Balaban J connectivity index is 1.93. The average Bonchev–Trinajstić information content (AvgIpc) is 2.59. The smallest absolute Gasteiger partial charge is 0.338 e. The Morgan fingerprint density at radius 3 is 2.50 bits per heavy atom. The van der Waals surface area contributed by atoms with Crippen LogP contribution in [-0.2, 0) is 11.3 Å². The number of ether oxygens (including phenoxy) is 1. The Morgan fingerprint density at radius 1 is 1.15 bits per heavy atom. The van der Waals surface area contributed by atoms with Crippen LogP contribution in [-0.4, -0.2) is 5.97 Å². The van der Waals surface area contributed by atoms with Crippen LogP contribution in [0.15, 0.2) is 51.7 Å². The molecule has 0 amide bonds. The van der Waals surface area contributed by atoms with E-state index in [9.17, 15) is 9.59 Å². The van der Waals surface area contributed by atoms with Crippen LogP contribution in [0.4, 0.5) is 0 Å². The van der Waals surface area contributed by atoms with E-state index in [1.807, 2.05) is 19.1 Å². The number of rotatable bonds is 4. The lowest BCUT2D eigenvalue weighted by molar-refractivity contribution is 0.0474. The number of aryl methyl sites for hydroxylation is 1. The summed E-state index contributed by atoms with van der Waals surface area (Å²) >= 11 is 5.83. The van der Waals surface area contributed by atoms with Gasteiger partial charge in [0.15, 0.2) is 0 Å². The lowest BCUT2D eigenvalue weighted by Crippen LogP contribution is -2.08. The Kier molecular flexibility index (Phi) is 5.14. The second kappa shape index (κ2) is 7.34. The van der Waals surface area contributed by atoms with E-state index in [-0.39, 0.29) is 6.61 Å². The molecule has 0 saturated heterocycles. The molecule has 0 saturated carbocycles. The van der Waals surface area contributed by atoms with Crippen LogP contribution in [0.2, 0.25) is 5.02 Å². The van der Waals surface area contributed by atoms with Crippen LogP contribution in [0.1, 0.15) is 46.8 Å². The first-order chi connectivity index (χ1) is 12.3. The molecule has 1 aromatic heterocycles. The molecular weight excluding hydrogens is 352 g/mol. The number of esters is 1. The maximum Gasteiger partial charge on any atom is 0.338 e. The molecule has 0 unspecified atom stereocenters. The fourth-order valence-corrected chi connectivity index (χ4v) is 3.07. The summed E-state index contributed by atoms with van der Waals surface area (Å²) in [6, 6.07) is 11.7. The van der Waals surface area contributed by atoms with Crippen LogP contribution < -0.4 is 5.63 Å². The highest BCUT2D eigenvalue weighted by molar-refractivity contribution is 6.30. The quantitative estimate of drug-likeness (QED) is 0.465. The fourth-order valence-electron chi connectivity index (χ4n) is 2.95. The molecule has 3 aromatic rings. The van der Waals surface area contributed by atoms with Gasteiger partial charge in [-0.15, -0.1) is 0 Å². The van der Waals surface area contributed by atoms with E-state index in [0.717, 1.165) is 16.5 Å². The number of fused-ring (bicyclic) bond motifs is 1. The molecule has 0 spiro atoms. The van der Waals surface area contributed by atoms with Gasteiger partial charge in [-0.3, -0.25) is 0 Å². The molecule has 26 heavy (non-hydrogen) atoms. The van der Waals surface area contributed by atoms with Crippen molar-refractivity contribution in [2.24, 2.45) is 0 Å². The zero-order valence-corrected chi connectivity index (χ0v) is 15.6. The van der Waals surface area contributed by atoms with Crippen LogP contribution in [0.25, 0.3) is 11.0 Å². The molecule has 0 aliphatic carbocycles. The van der Waals surface area contributed by atoms with E-state index in [1.54, 1.807) is 24.3 Å². The normalized spacial score (nSPS) is 11.1.